The summed E-state index contributed by atoms with van der Waals surface area (Å²) in [5.41, 5.74) is 2.22. The highest BCUT2D eigenvalue weighted by Gasteiger charge is 2.17. The molecule has 0 saturated heterocycles. The summed E-state index contributed by atoms with van der Waals surface area (Å²) in [5.74, 6) is 2.51. The van der Waals surface area contributed by atoms with Gasteiger partial charge in [0, 0.05) is 12.1 Å². The molecule has 0 bridgehead atoms. The molecule has 0 spiro atoms. The molecular formula is C26H29NO7S. The van der Waals surface area contributed by atoms with Gasteiger partial charge in [0.25, 0.3) is 0 Å². The Balaban J connectivity index is 1.94. The maximum atomic E-state index is 12.7. The zero-order valence-corrected chi connectivity index (χ0v) is 21.1. The average molecular weight is 500 g/mol. The highest BCUT2D eigenvalue weighted by Crippen LogP contribution is 2.39. The number of methoxy groups -OCH3 is 5. The van der Waals surface area contributed by atoms with Crippen molar-refractivity contribution in [1.82, 2.24) is 4.72 Å². The van der Waals surface area contributed by atoms with Gasteiger partial charge in [-0.3, -0.25) is 0 Å². The van der Waals surface area contributed by atoms with E-state index in [1.807, 2.05) is 36.4 Å². The molecule has 8 nitrogen and oxygen atoms in total. The summed E-state index contributed by atoms with van der Waals surface area (Å²) < 4.78 is 55.2. The molecule has 0 aliphatic heterocycles. The van der Waals surface area contributed by atoms with E-state index in [1.165, 1.54) is 26.4 Å². The molecule has 0 aliphatic rings. The van der Waals surface area contributed by atoms with E-state index in [9.17, 15) is 8.42 Å². The number of hydrogen-bond donors (Lipinski definition) is 1. The van der Waals surface area contributed by atoms with Crippen LogP contribution in [-0.2, 0) is 16.6 Å². The SMILES string of the molecule is COc1cc(/C=C/c2cc(OC)c(OC)c(OC)c2)cc(CNS(=O)(=O)c2ccccc2)c1OC. The minimum atomic E-state index is -3.70. The third-order valence-corrected chi connectivity index (χ3v) is 6.66. The number of ether oxygens (including phenoxy) is 5. The van der Waals surface area contributed by atoms with Gasteiger partial charge in [-0.2, -0.15) is 0 Å². The molecule has 3 rings (SSSR count). The predicted octanol–water partition coefficient (Wildman–Crippen LogP) is 4.38. The first-order valence-corrected chi connectivity index (χ1v) is 12.1. The Hall–Kier alpha value is -3.69. The van der Waals surface area contributed by atoms with Crippen molar-refractivity contribution in [1.29, 1.82) is 0 Å². The molecule has 0 radical (unpaired) electrons. The maximum absolute atomic E-state index is 12.7. The van der Waals surface area contributed by atoms with E-state index in [0.717, 1.165) is 11.1 Å². The molecule has 35 heavy (non-hydrogen) atoms. The van der Waals surface area contributed by atoms with Crippen LogP contribution in [0.15, 0.2) is 59.5 Å². The molecule has 0 heterocycles. The van der Waals surface area contributed by atoms with Crippen molar-refractivity contribution in [2.75, 3.05) is 35.5 Å². The Morgan fingerprint density at radius 2 is 1.17 bits per heavy atom. The number of sulfonamides is 1. The fourth-order valence-corrected chi connectivity index (χ4v) is 4.57. The van der Waals surface area contributed by atoms with Gasteiger partial charge in [-0.1, -0.05) is 30.4 Å². The van der Waals surface area contributed by atoms with E-state index < -0.39 is 10.0 Å². The number of rotatable bonds is 11. The molecule has 0 saturated carbocycles. The van der Waals surface area contributed by atoms with Crippen LogP contribution >= 0.6 is 0 Å². The molecule has 0 unspecified atom stereocenters. The molecule has 0 aromatic heterocycles. The zero-order chi connectivity index (χ0) is 25.4. The van der Waals surface area contributed by atoms with Crippen LogP contribution in [0.2, 0.25) is 0 Å². The molecule has 0 fully saturated rings. The highest BCUT2D eigenvalue weighted by atomic mass is 32.2. The van der Waals surface area contributed by atoms with E-state index >= 15 is 0 Å². The molecule has 3 aromatic carbocycles. The summed E-state index contributed by atoms with van der Waals surface area (Å²) in [6, 6.07) is 15.5. The molecule has 0 atom stereocenters. The normalized spacial score (nSPS) is 11.3. The quantitative estimate of drug-likeness (QED) is 0.392. The van der Waals surface area contributed by atoms with Crippen LogP contribution in [-0.4, -0.2) is 44.0 Å². The fraction of sp³-hybridized carbons (Fsp3) is 0.231. The minimum Gasteiger partial charge on any atom is -0.493 e. The summed E-state index contributed by atoms with van der Waals surface area (Å²) in [6.07, 6.45) is 3.75. The van der Waals surface area contributed by atoms with Gasteiger partial charge in [0.05, 0.1) is 40.4 Å². The van der Waals surface area contributed by atoms with Crippen molar-refractivity contribution in [3.8, 4) is 28.7 Å². The van der Waals surface area contributed by atoms with E-state index in [1.54, 1.807) is 39.5 Å². The van der Waals surface area contributed by atoms with Crippen molar-refractivity contribution in [3.05, 3.63) is 71.3 Å². The maximum Gasteiger partial charge on any atom is 0.240 e. The Morgan fingerprint density at radius 1 is 0.686 bits per heavy atom. The summed E-state index contributed by atoms with van der Waals surface area (Å²) in [6.45, 7) is 0.0165. The molecule has 0 aliphatic carbocycles. The molecule has 9 heteroatoms. The lowest BCUT2D eigenvalue weighted by Gasteiger charge is -2.15. The van der Waals surface area contributed by atoms with Gasteiger partial charge in [0.15, 0.2) is 23.0 Å². The van der Waals surface area contributed by atoms with Gasteiger partial charge in [0.1, 0.15) is 0 Å². The van der Waals surface area contributed by atoms with Crippen LogP contribution in [0.4, 0.5) is 0 Å². The first-order valence-electron chi connectivity index (χ1n) is 10.6. The van der Waals surface area contributed by atoms with E-state index in [0.29, 0.717) is 34.3 Å². The number of hydrogen-bond acceptors (Lipinski definition) is 7. The first kappa shape index (κ1) is 25.9. The number of nitrogens with one attached hydrogen (secondary N) is 1. The summed E-state index contributed by atoms with van der Waals surface area (Å²) >= 11 is 0. The van der Waals surface area contributed by atoms with E-state index in [-0.39, 0.29) is 11.4 Å². The van der Waals surface area contributed by atoms with Gasteiger partial charge < -0.3 is 23.7 Å². The lowest BCUT2D eigenvalue weighted by atomic mass is 10.1. The van der Waals surface area contributed by atoms with Crippen LogP contribution in [0.5, 0.6) is 28.7 Å². The lowest BCUT2D eigenvalue weighted by molar-refractivity contribution is 0.324. The summed E-state index contributed by atoms with van der Waals surface area (Å²) in [5, 5.41) is 0. The van der Waals surface area contributed by atoms with Crippen LogP contribution in [0, 0.1) is 0 Å². The number of benzene rings is 3. The first-order chi connectivity index (χ1) is 16.9. The largest absolute Gasteiger partial charge is 0.493 e. The van der Waals surface area contributed by atoms with Gasteiger partial charge in [0.2, 0.25) is 15.8 Å². The summed E-state index contributed by atoms with van der Waals surface area (Å²) in [4.78, 5) is 0.185. The van der Waals surface area contributed by atoms with Crippen molar-refractivity contribution >= 4 is 22.2 Å². The second kappa shape index (κ2) is 11.6. The van der Waals surface area contributed by atoms with Gasteiger partial charge in [-0.25, -0.2) is 13.1 Å². The van der Waals surface area contributed by atoms with Crippen LogP contribution < -0.4 is 28.4 Å². The standard InChI is InChI=1S/C26H29NO7S/c1-30-22-14-18(11-12-19-15-23(31-2)26(34-5)24(16-19)32-3)13-20(25(22)33-4)17-27-35(28,29)21-9-7-6-8-10-21/h6-16,27H,17H2,1-5H3/b12-11+. The van der Waals surface area contributed by atoms with Crippen molar-refractivity contribution in [3.63, 3.8) is 0 Å². The monoisotopic (exact) mass is 499 g/mol. The van der Waals surface area contributed by atoms with Crippen LogP contribution in [0.1, 0.15) is 16.7 Å². The van der Waals surface area contributed by atoms with Gasteiger partial charge in [-0.15, -0.1) is 0 Å². The van der Waals surface area contributed by atoms with E-state index in [4.69, 9.17) is 23.7 Å². The second-order valence-electron chi connectivity index (χ2n) is 7.35. The molecule has 0 amide bonds. The Labute approximate surface area is 206 Å². The smallest absolute Gasteiger partial charge is 0.240 e. The van der Waals surface area contributed by atoms with Crippen molar-refractivity contribution in [2.24, 2.45) is 0 Å². The third kappa shape index (κ3) is 6.06. The average Bonchev–Trinajstić information content (AvgIpc) is 2.89. The van der Waals surface area contributed by atoms with Gasteiger partial charge in [-0.05, 0) is 47.5 Å². The zero-order valence-electron chi connectivity index (χ0n) is 20.3. The van der Waals surface area contributed by atoms with Crippen LogP contribution in [0.3, 0.4) is 0 Å². The van der Waals surface area contributed by atoms with Crippen molar-refractivity contribution in [2.45, 2.75) is 11.4 Å². The highest BCUT2D eigenvalue weighted by molar-refractivity contribution is 7.89. The Kier molecular flexibility index (Phi) is 8.62. The van der Waals surface area contributed by atoms with Crippen molar-refractivity contribution < 1.29 is 32.1 Å². The lowest BCUT2D eigenvalue weighted by Crippen LogP contribution is -2.23. The topological polar surface area (TPSA) is 92.3 Å². The Morgan fingerprint density at radius 3 is 1.66 bits per heavy atom. The molecule has 1 N–H and O–H groups in total. The molecule has 186 valence electrons. The Bertz CT molecular complexity index is 1260. The second-order valence-corrected chi connectivity index (χ2v) is 9.11. The minimum absolute atomic E-state index is 0.0165. The van der Waals surface area contributed by atoms with E-state index in [2.05, 4.69) is 4.72 Å². The third-order valence-electron chi connectivity index (χ3n) is 5.24. The molecular weight excluding hydrogens is 470 g/mol. The van der Waals surface area contributed by atoms with Crippen LogP contribution in [0.25, 0.3) is 12.2 Å². The van der Waals surface area contributed by atoms with Gasteiger partial charge >= 0.3 is 0 Å². The predicted molar refractivity (Wildman–Crippen MR) is 135 cm³/mol. The molecule has 3 aromatic rings. The summed E-state index contributed by atoms with van der Waals surface area (Å²) in [7, 11) is 4.01. The fourth-order valence-electron chi connectivity index (χ4n) is 3.54.